The van der Waals surface area contributed by atoms with Crippen LogP contribution < -0.4 is 0 Å². The highest BCUT2D eigenvalue weighted by Gasteiger charge is 2.23. The largest absolute Gasteiger partial charge is 0.382 e. The molecule has 3 heteroatoms. The fourth-order valence-corrected chi connectivity index (χ4v) is 4.60. The van der Waals surface area contributed by atoms with Crippen LogP contribution in [-0.4, -0.2) is 23.2 Å². The average Bonchev–Trinajstić information content (AvgIpc) is 2.85. The number of rotatable bonds is 10. The molecule has 1 aromatic carbocycles. The van der Waals surface area contributed by atoms with Crippen LogP contribution in [-0.2, 0) is 4.74 Å². The lowest BCUT2D eigenvalue weighted by atomic mass is 9.79. The maximum absolute atomic E-state index is 5.27. The van der Waals surface area contributed by atoms with E-state index in [0.29, 0.717) is 12.0 Å². The third-order valence-electron chi connectivity index (χ3n) is 6.87. The summed E-state index contributed by atoms with van der Waals surface area (Å²) in [4.78, 5) is 9.49. The van der Waals surface area contributed by atoms with E-state index in [1.54, 1.807) is 7.11 Å². The lowest BCUT2D eigenvalue weighted by molar-refractivity contribution is 0.109. The van der Waals surface area contributed by atoms with E-state index in [0.717, 1.165) is 47.7 Å². The number of ether oxygens (including phenoxy) is 1. The molecule has 0 spiro atoms. The van der Waals surface area contributed by atoms with Gasteiger partial charge in [-0.25, -0.2) is 9.97 Å². The SMILES string of the molecule is CCCCCC1CCC(c2ncc(-c3ccc(C#CCCCC(C)OC)cc3)cn2)CC1. The normalized spacial score (nSPS) is 19.2. The molecule has 1 saturated carbocycles. The van der Waals surface area contributed by atoms with Gasteiger partial charge in [-0.1, -0.05) is 56.6 Å². The predicted molar refractivity (Wildman–Crippen MR) is 134 cm³/mol. The van der Waals surface area contributed by atoms with Crippen LogP contribution in [0.3, 0.4) is 0 Å². The van der Waals surface area contributed by atoms with Crippen molar-refractivity contribution in [2.75, 3.05) is 7.11 Å². The van der Waals surface area contributed by atoms with Crippen molar-refractivity contribution in [1.29, 1.82) is 0 Å². The molecule has 1 aliphatic carbocycles. The molecule has 1 heterocycles. The highest BCUT2D eigenvalue weighted by atomic mass is 16.5. The number of aromatic nitrogens is 2. The van der Waals surface area contributed by atoms with Crippen LogP contribution in [0.15, 0.2) is 36.7 Å². The molecule has 2 aromatic rings. The monoisotopic (exact) mass is 432 g/mol. The van der Waals surface area contributed by atoms with Crippen molar-refractivity contribution >= 4 is 0 Å². The smallest absolute Gasteiger partial charge is 0.131 e. The van der Waals surface area contributed by atoms with Gasteiger partial charge in [0.15, 0.2) is 0 Å². The summed E-state index contributed by atoms with van der Waals surface area (Å²) >= 11 is 0. The summed E-state index contributed by atoms with van der Waals surface area (Å²) in [5.74, 6) is 9.03. The van der Waals surface area contributed by atoms with Crippen molar-refractivity contribution in [2.24, 2.45) is 5.92 Å². The summed E-state index contributed by atoms with van der Waals surface area (Å²) in [6.07, 6.45) is 18.0. The fraction of sp³-hybridized carbons (Fsp3) is 0.586. The molecule has 1 aliphatic rings. The Hall–Kier alpha value is -2.18. The number of unbranched alkanes of at least 4 members (excludes halogenated alkanes) is 3. The van der Waals surface area contributed by atoms with Crippen LogP contribution in [0, 0.1) is 17.8 Å². The minimum Gasteiger partial charge on any atom is -0.382 e. The van der Waals surface area contributed by atoms with E-state index in [4.69, 9.17) is 14.7 Å². The van der Waals surface area contributed by atoms with Gasteiger partial charge in [0.25, 0.3) is 0 Å². The third kappa shape index (κ3) is 7.75. The molecule has 1 unspecified atom stereocenters. The van der Waals surface area contributed by atoms with Gasteiger partial charge in [-0.3, -0.25) is 0 Å². The quantitative estimate of drug-likeness (QED) is 0.287. The van der Waals surface area contributed by atoms with E-state index in [1.165, 1.54) is 51.4 Å². The molecule has 1 aromatic heterocycles. The molecule has 0 saturated heterocycles. The van der Waals surface area contributed by atoms with Gasteiger partial charge in [0.2, 0.25) is 0 Å². The zero-order valence-corrected chi connectivity index (χ0v) is 20.3. The van der Waals surface area contributed by atoms with Gasteiger partial charge in [0, 0.05) is 43.0 Å². The van der Waals surface area contributed by atoms with E-state index in [2.05, 4.69) is 50.0 Å². The van der Waals surface area contributed by atoms with E-state index in [1.807, 2.05) is 12.4 Å². The number of benzene rings is 1. The lowest BCUT2D eigenvalue weighted by Crippen LogP contribution is -2.15. The van der Waals surface area contributed by atoms with Crippen molar-refractivity contribution in [3.63, 3.8) is 0 Å². The molecule has 3 rings (SSSR count). The highest BCUT2D eigenvalue weighted by molar-refractivity contribution is 5.62. The summed E-state index contributed by atoms with van der Waals surface area (Å²) in [5, 5.41) is 0. The Balaban J connectivity index is 1.48. The van der Waals surface area contributed by atoms with E-state index < -0.39 is 0 Å². The third-order valence-corrected chi connectivity index (χ3v) is 6.87. The summed E-state index contributed by atoms with van der Waals surface area (Å²) in [6, 6.07) is 8.43. The topological polar surface area (TPSA) is 35.0 Å². The molecule has 1 atom stereocenters. The molecular weight excluding hydrogens is 392 g/mol. The zero-order chi connectivity index (χ0) is 22.6. The van der Waals surface area contributed by atoms with Crippen molar-refractivity contribution in [1.82, 2.24) is 9.97 Å². The van der Waals surface area contributed by atoms with Gasteiger partial charge in [0.1, 0.15) is 5.82 Å². The lowest BCUT2D eigenvalue weighted by Gasteiger charge is -2.27. The molecule has 0 radical (unpaired) electrons. The Bertz CT molecular complexity index is 839. The minimum atomic E-state index is 0.315. The summed E-state index contributed by atoms with van der Waals surface area (Å²) in [5.41, 5.74) is 3.28. The first-order valence-corrected chi connectivity index (χ1v) is 12.6. The second-order valence-corrected chi connectivity index (χ2v) is 9.36. The summed E-state index contributed by atoms with van der Waals surface area (Å²) in [6.45, 7) is 4.38. The molecule has 0 aliphatic heterocycles. The first kappa shape index (κ1) is 24.5. The summed E-state index contributed by atoms with van der Waals surface area (Å²) in [7, 11) is 1.76. The maximum atomic E-state index is 5.27. The van der Waals surface area contributed by atoms with Crippen molar-refractivity contribution in [3.05, 3.63) is 48.0 Å². The van der Waals surface area contributed by atoms with Crippen LogP contribution in [0.4, 0.5) is 0 Å². The molecule has 3 nitrogen and oxygen atoms in total. The van der Waals surface area contributed by atoms with E-state index >= 15 is 0 Å². The Kier molecular flexibility index (Phi) is 10.2. The number of methoxy groups -OCH3 is 1. The summed E-state index contributed by atoms with van der Waals surface area (Å²) < 4.78 is 5.27. The number of hydrogen-bond donors (Lipinski definition) is 0. The Labute approximate surface area is 195 Å². The maximum Gasteiger partial charge on any atom is 0.131 e. The fourth-order valence-electron chi connectivity index (χ4n) is 4.60. The van der Waals surface area contributed by atoms with Crippen LogP contribution >= 0.6 is 0 Å². The molecule has 32 heavy (non-hydrogen) atoms. The molecular formula is C29H40N2O. The molecule has 0 N–H and O–H groups in total. The predicted octanol–water partition coefficient (Wildman–Crippen LogP) is 7.55. The van der Waals surface area contributed by atoms with Crippen LogP contribution in [0.25, 0.3) is 11.1 Å². The zero-order valence-electron chi connectivity index (χ0n) is 20.3. The molecule has 172 valence electrons. The number of nitrogens with zero attached hydrogens (tertiary/aromatic N) is 2. The molecule has 0 bridgehead atoms. The number of hydrogen-bond acceptors (Lipinski definition) is 3. The first-order valence-electron chi connectivity index (χ1n) is 12.6. The van der Waals surface area contributed by atoms with E-state index in [-0.39, 0.29) is 0 Å². The van der Waals surface area contributed by atoms with Gasteiger partial charge in [-0.15, -0.1) is 0 Å². The van der Waals surface area contributed by atoms with Gasteiger partial charge < -0.3 is 4.74 Å². The van der Waals surface area contributed by atoms with Crippen molar-refractivity contribution in [3.8, 4) is 23.0 Å². The van der Waals surface area contributed by atoms with Crippen molar-refractivity contribution < 1.29 is 4.74 Å². The standard InChI is InChI=1S/C29H40N2O/c1-4-5-7-11-24-15-19-27(20-16-24)29-30-21-28(22-31-29)26-17-13-25(14-18-26)12-9-6-8-10-23(2)32-3/h13-14,17-18,21-24,27H,4-8,10-11,15-16,19-20H2,1-3H3. The van der Waals surface area contributed by atoms with Gasteiger partial charge in [-0.2, -0.15) is 0 Å². The average molecular weight is 433 g/mol. The Morgan fingerprint density at radius 1 is 0.969 bits per heavy atom. The van der Waals surface area contributed by atoms with Crippen LogP contribution in [0.5, 0.6) is 0 Å². The molecule has 0 amide bonds. The minimum absolute atomic E-state index is 0.315. The van der Waals surface area contributed by atoms with Gasteiger partial charge in [0.05, 0.1) is 6.10 Å². The van der Waals surface area contributed by atoms with Gasteiger partial charge in [-0.05, 0) is 69.1 Å². The van der Waals surface area contributed by atoms with Crippen LogP contribution in [0.2, 0.25) is 0 Å². The first-order chi connectivity index (χ1) is 15.7. The molecule has 1 fully saturated rings. The van der Waals surface area contributed by atoms with Crippen LogP contribution in [0.1, 0.15) is 102 Å². The van der Waals surface area contributed by atoms with Gasteiger partial charge >= 0.3 is 0 Å². The second-order valence-electron chi connectivity index (χ2n) is 9.36. The van der Waals surface area contributed by atoms with E-state index in [9.17, 15) is 0 Å². The second kappa shape index (κ2) is 13.4. The Morgan fingerprint density at radius 2 is 1.69 bits per heavy atom. The van der Waals surface area contributed by atoms with Crippen molar-refractivity contribution in [2.45, 2.75) is 96.5 Å². The Morgan fingerprint density at radius 3 is 2.34 bits per heavy atom. The highest BCUT2D eigenvalue weighted by Crippen LogP contribution is 2.36.